The smallest absolute Gasteiger partial charge is 0.154 e. The molecule has 0 aliphatic carbocycles. The first kappa shape index (κ1) is 14.2. The molecule has 0 aliphatic rings. The molecule has 24 heavy (non-hydrogen) atoms. The van der Waals surface area contributed by atoms with E-state index in [4.69, 9.17) is 0 Å². The van der Waals surface area contributed by atoms with Crippen LogP contribution in [-0.4, -0.2) is 24.7 Å². The lowest BCUT2D eigenvalue weighted by Gasteiger charge is -2.08. The molecule has 0 fully saturated rings. The van der Waals surface area contributed by atoms with Crippen LogP contribution in [0.5, 0.6) is 5.75 Å². The number of benzene rings is 1. The summed E-state index contributed by atoms with van der Waals surface area (Å²) in [5, 5.41) is 17.7. The van der Waals surface area contributed by atoms with Gasteiger partial charge in [-0.25, -0.2) is 9.50 Å². The van der Waals surface area contributed by atoms with Gasteiger partial charge in [0.15, 0.2) is 5.65 Å². The lowest BCUT2D eigenvalue weighted by molar-refractivity contribution is 0.469. The van der Waals surface area contributed by atoms with E-state index >= 15 is 0 Å². The molecule has 6 heteroatoms. The molecule has 1 aromatic carbocycles. The van der Waals surface area contributed by atoms with Gasteiger partial charge in [-0.3, -0.25) is 4.98 Å². The van der Waals surface area contributed by atoms with Crippen molar-refractivity contribution in [1.29, 1.82) is 0 Å². The fourth-order valence-corrected chi connectivity index (χ4v) is 2.53. The van der Waals surface area contributed by atoms with Gasteiger partial charge in [-0.1, -0.05) is 18.2 Å². The van der Waals surface area contributed by atoms with Crippen LogP contribution in [0.2, 0.25) is 0 Å². The average molecular weight is 317 g/mol. The Bertz CT molecular complexity index is 981. The van der Waals surface area contributed by atoms with Crippen molar-refractivity contribution in [2.24, 2.45) is 0 Å². The number of rotatable bonds is 4. The molecule has 4 rings (SSSR count). The van der Waals surface area contributed by atoms with Crippen molar-refractivity contribution in [2.75, 3.05) is 5.32 Å². The first-order valence-corrected chi connectivity index (χ1v) is 7.57. The Morgan fingerprint density at radius 3 is 2.67 bits per heavy atom. The summed E-state index contributed by atoms with van der Waals surface area (Å²) >= 11 is 0. The zero-order valence-corrected chi connectivity index (χ0v) is 12.8. The minimum absolute atomic E-state index is 0.270. The Morgan fingerprint density at radius 2 is 1.83 bits per heavy atom. The van der Waals surface area contributed by atoms with Gasteiger partial charge in [0.2, 0.25) is 0 Å². The molecule has 0 radical (unpaired) electrons. The molecule has 0 atom stereocenters. The zero-order valence-electron chi connectivity index (χ0n) is 12.8. The first-order valence-electron chi connectivity index (χ1n) is 7.57. The normalized spacial score (nSPS) is 10.8. The van der Waals surface area contributed by atoms with Crippen LogP contribution in [0.15, 0.2) is 67.1 Å². The molecule has 0 amide bonds. The van der Waals surface area contributed by atoms with E-state index in [1.54, 1.807) is 35.2 Å². The summed E-state index contributed by atoms with van der Waals surface area (Å²) in [5.41, 5.74) is 3.50. The number of anilines is 1. The lowest BCUT2D eigenvalue weighted by Crippen LogP contribution is -2.04. The van der Waals surface area contributed by atoms with Crippen LogP contribution in [-0.2, 0) is 6.54 Å². The van der Waals surface area contributed by atoms with Gasteiger partial charge in [0.25, 0.3) is 0 Å². The number of phenolic OH excluding ortho intramolecular Hbond substituents is 1. The molecule has 0 saturated heterocycles. The number of hydrogen-bond acceptors (Lipinski definition) is 5. The molecule has 6 nitrogen and oxygen atoms in total. The maximum Gasteiger partial charge on any atom is 0.154 e. The van der Waals surface area contributed by atoms with Crippen molar-refractivity contribution in [1.82, 2.24) is 19.6 Å². The second-order valence-corrected chi connectivity index (χ2v) is 5.35. The molecule has 0 unspecified atom stereocenters. The highest BCUT2D eigenvalue weighted by Crippen LogP contribution is 2.21. The van der Waals surface area contributed by atoms with Crippen LogP contribution < -0.4 is 5.32 Å². The summed E-state index contributed by atoms with van der Waals surface area (Å²) in [6.07, 6.45) is 5.29. The lowest BCUT2D eigenvalue weighted by atomic mass is 10.2. The highest BCUT2D eigenvalue weighted by molar-refractivity contribution is 5.63. The summed E-state index contributed by atoms with van der Waals surface area (Å²) in [7, 11) is 0. The van der Waals surface area contributed by atoms with Crippen molar-refractivity contribution in [3.05, 3.63) is 72.7 Å². The van der Waals surface area contributed by atoms with Gasteiger partial charge in [0, 0.05) is 30.1 Å². The maximum absolute atomic E-state index is 9.84. The fourth-order valence-electron chi connectivity index (χ4n) is 2.53. The van der Waals surface area contributed by atoms with Gasteiger partial charge in [0.05, 0.1) is 11.9 Å². The van der Waals surface area contributed by atoms with Crippen LogP contribution in [0, 0.1) is 0 Å². The Hall–Kier alpha value is -3.41. The van der Waals surface area contributed by atoms with Gasteiger partial charge in [0.1, 0.15) is 11.6 Å². The molecule has 0 bridgehead atoms. The number of fused-ring (bicyclic) bond motifs is 1. The fraction of sp³-hybridized carbons (Fsp3) is 0.0556. The van der Waals surface area contributed by atoms with Crippen molar-refractivity contribution in [3.8, 4) is 17.0 Å². The van der Waals surface area contributed by atoms with Crippen LogP contribution in [0.3, 0.4) is 0 Å². The Labute approximate surface area is 138 Å². The molecule has 0 aliphatic heterocycles. The van der Waals surface area contributed by atoms with Crippen LogP contribution >= 0.6 is 0 Å². The third-order valence-corrected chi connectivity index (χ3v) is 3.79. The number of nitrogens with one attached hydrogen (secondary N) is 1. The summed E-state index contributed by atoms with van der Waals surface area (Å²) in [6.45, 7) is 0.491. The van der Waals surface area contributed by atoms with Crippen LogP contribution in [0.25, 0.3) is 16.9 Å². The molecule has 3 heterocycles. The summed E-state index contributed by atoms with van der Waals surface area (Å²) in [6, 6.07) is 14.9. The van der Waals surface area contributed by atoms with Gasteiger partial charge in [-0.2, -0.15) is 0 Å². The quantitative estimate of drug-likeness (QED) is 0.605. The van der Waals surface area contributed by atoms with Crippen molar-refractivity contribution < 1.29 is 5.11 Å². The van der Waals surface area contributed by atoms with Crippen LogP contribution in [0.1, 0.15) is 5.56 Å². The van der Waals surface area contributed by atoms with E-state index in [1.165, 1.54) is 0 Å². The Morgan fingerprint density at radius 1 is 1.00 bits per heavy atom. The van der Waals surface area contributed by atoms with Gasteiger partial charge in [-0.15, -0.1) is 5.10 Å². The second-order valence-electron chi connectivity index (χ2n) is 5.35. The number of hydrogen-bond donors (Lipinski definition) is 2. The third kappa shape index (κ3) is 2.65. The predicted molar refractivity (Wildman–Crippen MR) is 91.7 cm³/mol. The number of aromatic hydroxyl groups is 1. The monoisotopic (exact) mass is 317 g/mol. The predicted octanol–water partition coefficient (Wildman–Crippen LogP) is 3.11. The minimum Gasteiger partial charge on any atom is -0.508 e. The number of para-hydroxylation sites is 1. The molecule has 0 saturated carbocycles. The number of nitrogens with zero attached hydrogens (tertiary/aromatic N) is 4. The minimum atomic E-state index is 0.270. The summed E-state index contributed by atoms with van der Waals surface area (Å²) < 4.78 is 1.79. The molecule has 3 aromatic heterocycles. The van der Waals surface area contributed by atoms with E-state index in [2.05, 4.69) is 20.4 Å². The Balaban J connectivity index is 1.64. The third-order valence-electron chi connectivity index (χ3n) is 3.79. The van der Waals surface area contributed by atoms with Crippen molar-refractivity contribution in [2.45, 2.75) is 6.54 Å². The molecule has 118 valence electrons. The van der Waals surface area contributed by atoms with E-state index < -0.39 is 0 Å². The number of phenols is 1. The molecule has 2 N–H and O–H groups in total. The van der Waals surface area contributed by atoms with Gasteiger partial charge < -0.3 is 10.4 Å². The van der Waals surface area contributed by atoms with Gasteiger partial charge >= 0.3 is 0 Å². The van der Waals surface area contributed by atoms with E-state index in [0.29, 0.717) is 12.4 Å². The molecule has 4 aromatic rings. The van der Waals surface area contributed by atoms with Crippen molar-refractivity contribution >= 4 is 11.5 Å². The Kier molecular flexibility index (Phi) is 3.55. The second kappa shape index (κ2) is 6.00. The van der Waals surface area contributed by atoms with Crippen molar-refractivity contribution in [3.63, 3.8) is 0 Å². The topological polar surface area (TPSA) is 75.3 Å². The standard InChI is InChI=1S/C18H15N5O/c24-16-4-2-1-3-14(16)11-20-17-5-6-18-21-12-15(23(18)22-17)13-7-9-19-10-8-13/h1-10,12,24H,11H2,(H,20,22). The van der Waals surface area contributed by atoms with Crippen LogP contribution in [0.4, 0.5) is 5.82 Å². The zero-order chi connectivity index (χ0) is 16.4. The molecule has 0 spiro atoms. The first-order chi connectivity index (χ1) is 11.8. The largest absolute Gasteiger partial charge is 0.508 e. The number of aromatic nitrogens is 4. The van der Waals surface area contributed by atoms with E-state index in [1.807, 2.05) is 36.4 Å². The number of pyridine rings is 1. The van der Waals surface area contributed by atoms with E-state index in [-0.39, 0.29) is 5.75 Å². The highest BCUT2D eigenvalue weighted by atomic mass is 16.3. The number of imidazole rings is 1. The van der Waals surface area contributed by atoms with E-state index in [9.17, 15) is 5.11 Å². The van der Waals surface area contributed by atoms with Gasteiger partial charge in [-0.05, 0) is 30.3 Å². The summed E-state index contributed by atoms with van der Waals surface area (Å²) in [5.74, 6) is 0.977. The highest BCUT2D eigenvalue weighted by Gasteiger charge is 2.08. The maximum atomic E-state index is 9.84. The molecular weight excluding hydrogens is 302 g/mol. The van der Waals surface area contributed by atoms with E-state index in [0.717, 1.165) is 22.5 Å². The average Bonchev–Trinajstić information content (AvgIpc) is 3.05. The summed E-state index contributed by atoms with van der Waals surface area (Å²) in [4.78, 5) is 8.42. The SMILES string of the molecule is Oc1ccccc1CNc1ccc2ncc(-c3ccncc3)n2n1. The molecular formula is C18H15N5O.